The third kappa shape index (κ3) is 4.96. The smallest absolute Gasteiger partial charge is 0.348 e. The Labute approximate surface area is 226 Å². The highest BCUT2D eigenvalue weighted by molar-refractivity contribution is 8.01. The molecule has 3 saturated heterocycles. The van der Waals surface area contributed by atoms with Gasteiger partial charge in [0.05, 0.1) is 44.3 Å². The fourth-order valence-electron chi connectivity index (χ4n) is 4.81. The number of carboxylic acids is 1. The molecular formula is C24H26N6O8S. The third-order valence-corrected chi connectivity index (χ3v) is 8.24. The number of furan rings is 2. The fraction of sp³-hybridized carbons (Fsp3) is 0.417. The lowest BCUT2D eigenvalue weighted by molar-refractivity contribution is -0.161. The SMILES string of the molecule is CC1(C)S[C@@H]2[C@H](NC(=O)CC(NC(=O)N3CCN(N=Cc4ccco4)C3=O)c3ccco3)C(=O)N2[C@H]1C(=O)O. The van der Waals surface area contributed by atoms with Gasteiger partial charge in [-0.3, -0.25) is 9.59 Å². The highest BCUT2D eigenvalue weighted by atomic mass is 32.2. The maximum atomic E-state index is 13.0. The summed E-state index contributed by atoms with van der Waals surface area (Å²) in [6.07, 6.45) is 3.93. The topological polar surface area (TPSA) is 178 Å². The first kappa shape index (κ1) is 26.3. The highest BCUT2D eigenvalue weighted by Gasteiger charge is 2.64. The molecule has 0 aromatic carbocycles. The second-order valence-electron chi connectivity index (χ2n) is 9.68. The molecular weight excluding hydrogens is 532 g/mol. The predicted molar refractivity (Wildman–Crippen MR) is 135 cm³/mol. The highest BCUT2D eigenvalue weighted by Crippen LogP contribution is 2.50. The molecule has 5 heterocycles. The molecule has 2 aromatic heterocycles. The van der Waals surface area contributed by atoms with Crippen molar-refractivity contribution in [3.63, 3.8) is 0 Å². The standard InChI is InChI=1S/C24H26N6O8S/c1-24(2)18(21(33)34)30-19(32)17(20(30)39-24)27-16(31)11-14(15-6-4-10-38-15)26-22(35)28-7-8-29(23(28)36)25-12-13-5-3-9-37-13/h3-6,9-10,12,14,17-18,20H,7-8,11H2,1-2H3,(H,26,35)(H,27,31)(H,33,34)/t14?,17-,18+,20-/m1/s1. The number of imide groups is 1. The second-order valence-corrected chi connectivity index (χ2v) is 11.5. The molecule has 0 spiro atoms. The van der Waals surface area contributed by atoms with Crippen molar-refractivity contribution in [3.05, 3.63) is 48.3 Å². The summed E-state index contributed by atoms with van der Waals surface area (Å²) in [6, 6.07) is 2.30. The molecule has 0 bridgehead atoms. The van der Waals surface area contributed by atoms with Crippen LogP contribution in [0.2, 0.25) is 0 Å². The Kier molecular flexibility index (Phi) is 6.84. The van der Waals surface area contributed by atoms with Gasteiger partial charge in [-0.15, -0.1) is 11.8 Å². The average Bonchev–Trinajstić information content (AvgIpc) is 3.67. The Bertz CT molecular complexity index is 1310. The van der Waals surface area contributed by atoms with Crippen molar-refractivity contribution in [1.82, 2.24) is 25.4 Å². The molecule has 15 heteroatoms. The van der Waals surface area contributed by atoms with Crippen LogP contribution in [0.3, 0.4) is 0 Å². The minimum Gasteiger partial charge on any atom is -0.480 e. The number of hydrogen-bond donors (Lipinski definition) is 3. The van der Waals surface area contributed by atoms with Crippen molar-refractivity contribution >= 4 is 47.8 Å². The Morgan fingerprint density at radius 3 is 2.62 bits per heavy atom. The maximum Gasteiger partial charge on any atom is 0.348 e. The molecule has 0 aliphatic carbocycles. The van der Waals surface area contributed by atoms with Crippen molar-refractivity contribution in [2.75, 3.05) is 13.1 Å². The number of nitrogens with zero attached hydrogens (tertiary/aromatic N) is 4. The number of carbonyl (C=O) groups excluding carboxylic acids is 4. The van der Waals surface area contributed by atoms with Gasteiger partial charge in [0.15, 0.2) is 0 Å². The van der Waals surface area contributed by atoms with Crippen molar-refractivity contribution < 1.29 is 37.9 Å². The molecule has 14 nitrogen and oxygen atoms in total. The minimum atomic E-state index is -1.10. The number of nitrogens with one attached hydrogen (secondary N) is 2. The van der Waals surface area contributed by atoms with Gasteiger partial charge in [-0.25, -0.2) is 24.3 Å². The van der Waals surface area contributed by atoms with Gasteiger partial charge in [0.25, 0.3) is 0 Å². The van der Waals surface area contributed by atoms with Gasteiger partial charge in [-0.2, -0.15) is 5.10 Å². The summed E-state index contributed by atoms with van der Waals surface area (Å²) in [6.45, 7) is 3.73. The number of carbonyl (C=O) groups is 5. The first-order valence-corrected chi connectivity index (χ1v) is 13.0. The Morgan fingerprint density at radius 2 is 1.95 bits per heavy atom. The molecule has 3 fully saturated rings. The van der Waals surface area contributed by atoms with Crippen molar-refractivity contribution in [2.45, 2.75) is 48.5 Å². The molecule has 4 atom stereocenters. The van der Waals surface area contributed by atoms with Crippen LogP contribution in [0, 0.1) is 0 Å². The number of carboxylic acid groups (broad SMARTS) is 1. The number of hydrazone groups is 1. The van der Waals surface area contributed by atoms with Crippen LogP contribution in [0.15, 0.2) is 50.7 Å². The summed E-state index contributed by atoms with van der Waals surface area (Å²) >= 11 is 1.31. The lowest BCUT2D eigenvalue weighted by Gasteiger charge is -2.43. The Morgan fingerprint density at radius 1 is 1.21 bits per heavy atom. The summed E-state index contributed by atoms with van der Waals surface area (Å²) in [4.78, 5) is 65.3. The largest absolute Gasteiger partial charge is 0.480 e. The zero-order chi connectivity index (χ0) is 27.9. The van der Waals surface area contributed by atoms with Crippen molar-refractivity contribution in [3.8, 4) is 0 Å². The van der Waals surface area contributed by atoms with E-state index in [9.17, 15) is 29.1 Å². The van der Waals surface area contributed by atoms with Crippen LogP contribution in [0.5, 0.6) is 0 Å². The van der Waals surface area contributed by atoms with Gasteiger partial charge in [-0.1, -0.05) is 0 Å². The van der Waals surface area contributed by atoms with E-state index >= 15 is 0 Å². The van der Waals surface area contributed by atoms with Crippen LogP contribution in [-0.4, -0.2) is 91.3 Å². The van der Waals surface area contributed by atoms with E-state index in [1.807, 2.05) is 0 Å². The van der Waals surface area contributed by atoms with E-state index in [2.05, 4.69) is 15.7 Å². The number of fused-ring (bicyclic) bond motifs is 1. The molecule has 3 aliphatic heterocycles. The number of thioether (sulfide) groups is 1. The van der Waals surface area contributed by atoms with Crippen LogP contribution in [0.25, 0.3) is 0 Å². The molecule has 206 valence electrons. The number of amides is 6. The van der Waals surface area contributed by atoms with Gasteiger partial charge in [0.2, 0.25) is 11.8 Å². The molecule has 0 saturated carbocycles. The van der Waals surface area contributed by atoms with E-state index < -0.39 is 58.1 Å². The molecule has 1 unspecified atom stereocenters. The third-order valence-electron chi connectivity index (χ3n) is 6.67. The van der Waals surface area contributed by atoms with E-state index in [0.717, 1.165) is 9.91 Å². The molecule has 5 rings (SSSR count). The summed E-state index contributed by atoms with van der Waals surface area (Å²) in [7, 11) is 0. The lowest BCUT2D eigenvalue weighted by Crippen LogP contribution is -2.70. The van der Waals surface area contributed by atoms with Gasteiger partial charge >= 0.3 is 18.0 Å². The minimum absolute atomic E-state index is 0.0725. The summed E-state index contributed by atoms with van der Waals surface area (Å²) < 4.78 is 9.83. The normalized spacial score (nSPS) is 24.6. The number of β-lactam (4-membered cyclic amide) rings is 1. The molecule has 3 N–H and O–H groups in total. The van der Waals surface area contributed by atoms with Crippen molar-refractivity contribution in [2.24, 2.45) is 5.10 Å². The first-order chi connectivity index (χ1) is 18.6. The Balaban J connectivity index is 1.21. The zero-order valence-corrected chi connectivity index (χ0v) is 21.8. The lowest BCUT2D eigenvalue weighted by atomic mass is 9.96. The average molecular weight is 559 g/mol. The molecule has 0 radical (unpaired) electrons. The van der Waals surface area contributed by atoms with Crippen molar-refractivity contribution in [1.29, 1.82) is 0 Å². The quantitative estimate of drug-likeness (QED) is 0.319. The fourth-order valence-corrected chi connectivity index (χ4v) is 6.44. The summed E-state index contributed by atoms with van der Waals surface area (Å²) in [5.74, 6) is -1.41. The predicted octanol–water partition coefficient (Wildman–Crippen LogP) is 1.42. The maximum absolute atomic E-state index is 13.0. The first-order valence-electron chi connectivity index (χ1n) is 12.1. The van der Waals surface area contributed by atoms with E-state index in [4.69, 9.17) is 8.83 Å². The number of rotatable bonds is 8. The van der Waals surface area contributed by atoms with Crippen LogP contribution in [-0.2, 0) is 14.4 Å². The van der Waals surface area contributed by atoms with E-state index in [1.165, 1.54) is 35.4 Å². The molecule has 3 aliphatic rings. The van der Waals surface area contributed by atoms with Crippen LogP contribution < -0.4 is 10.6 Å². The monoisotopic (exact) mass is 558 g/mol. The van der Waals surface area contributed by atoms with Crippen LogP contribution in [0.4, 0.5) is 9.59 Å². The van der Waals surface area contributed by atoms with Gasteiger partial charge in [-0.05, 0) is 38.1 Å². The summed E-state index contributed by atoms with van der Waals surface area (Å²) in [5.41, 5.74) is 0. The number of aliphatic carboxylic acids is 1. The van der Waals surface area contributed by atoms with Crippen LogP contribution in [0.1, 0.15) is 37.8 Å². The van der Waals surface area contributed by atoms with Gasteiger partial charge < -0.3 is 29.5 Å². The number of hydrogen-bond acceptors (Lipinski definition) is 9. The molecule has 6 amide bonds. The number of urea groups is 2. The second kappa shape index (κ2) is 10.1. The Hall–Kier alpha value is -4.27. The van der Waals surface area contributed by atoms with E-state index in [0.29, 0.717) is 5.76 Å². The van der Waals surface area contributed by atoms with Gasteiger partial charge in [0.1, 0.15) is 29.0 Å². The molecule has 2 aromatic rings. The zero-order valence-electron chi connectivity index (χ0n) is 21.0. The van der Waals surface area contributed by atoms with E-state index in [-0.39, 0.29) is 25.3 Å². The van der Waals surface area contributed by atoms with E-state index in [1.54, 1.807) is 38.1 Å². The van der Waals surface area contributed by atoms with Gasteiger partial charge in [0, 0.05) is 4.75 Å². The van der Waals surface area contributed by atoms with Crippen LogP contribution >= 0.6 is 11.8 Å². The summed E-state index contributed by atoms with van der Waals surface area (Å²) in [5, 5.41) is 19.6. The molecule has 39 heavy (non-hydrogen) atoms.